The molecule has 0 spiro atoms. The predicted molar refractivity (Wildman–Crippen MR) is 80.6 cm³/mol. The van der Waals surface area contributed by atoms with E-state index in [4.69, 9.17) is 5.11 Å². The number of amides is 2. The van der Waals surface area contributed by atoms with Crippen LogP contribution in [0.5, 0.6) is 0 Å². The van der Waals surface area contributed by atoms with E-state index in [9.17, 15) is 9.59 Å². The summed E-state index contributed by atoms with van der Waals surface area (Å²) in [7, 11) is 0. The number of hydrogen-bond donors (Lipinski definition) is 2. The van der Waals surface area contributed by atoms with E-state index in [1.165, 1.54) is 25.7 Å². The van der Waals surface area contributed by atoms with Crippen LogP contribution in [0.25, 0.3) is 0 Å². The first kappa shape index (κ1) is 16.3. The van der Waals surface area contributed by atoms with Crippen LogP contribution >= 0.6 is 0 Å². The van der Waals surface area contributed by atoms with Gasteiger partial charge in [0.1, 0.15) is 0 Å². The summed E-state index contributed by atoms with van der Waals surface area (Å²) in [5.41, 5.74) is 0. The summed E-state index contributed by atoms with van der Waals surface area (Å²) < 4.78 is 0. The Hall–Kier alpha value is -1.10. The molecule has 120 valence electrons. The fourth-order valence-corrected chi connectivity index (χ4v) is 3.43. The molecule has 1 saturated carbocycles. The van der Waals surface area contributed by atoms with Gasteiger partial charge in [-0.3, -0.25) is 9.59 Å². The highest BCUT2D eigenvalue weighted by molar-refractivity contribution is 5.89. The van der Waals surface area contributed by atoms with Crippen LogP contribution in [0.3, 0.4) is 0 Å². The molecule has 2 rings (SSSR count). The molecule has 2 N–H and O–H groups in total. The molecule has 1 aliphatic heterocycles. The van der Waals surface area contributed by atoms with E-state index in [1.54, 1.807) is 0 Å². The maximum absolute atomic E-state index is 12.2. The molecule has 21 heavy (non-hydrogen) atoms. The zero-order valence-corrected chi connectivity index (χ0v) is 13.0. The van der Waals surface area contributed by atoms with Crippen LogP contribution < -0.4 is 5.32 Å². The average Bonchev–Trinajstić information content (AvgIpc) is 2.71. The molecule has 2 atom stereocenters. The molecule has 2 fully saturated rings. The number of hydrogen-bond acceptors (Lipinski definition) is 3. The molecule has 1 saturated heterocycles. The SMILES string of the molecule is CCC(CO)NC(=O)C1CC(=O)N(C2CCCCCC2)C1. The van der Waals surface area contributed by atoms with Crippen LogP contribution in [0.15, 0.2) is 0 Å². The summed E-state index contributed by atoms with van der Waals surface area (Å²) in [6.07, 6.45) is 8.08. The van der Waals surface area contributed by atoms with Gasteiger partial charge in [0.25, 0.3) is 0 Å². The molecule has 0 aromatic rings. The van der Waals surface area contributed by atoms with Crippen molar-refractivity contribution in [3.05, 3.63) is 0 Å². The van der Waals surface area contributed by atoms with Crippen LogP contribution in [-0.4, -0.2) is 47.1 Å². The summed E-state index contributed by atoms with van der Waals surface area (Å²) in [6.45, 7) is 2.44. The monoisotopic (exact) mass is 296 g/mol. The molecule has 2 amide bonds. The van der Waals surface area contributed by atoms with Crippen molar-refractivity contribution in [1.82, 2.24) is 10.2 Å². The highest BCUT2D eigenvalue weighted by Gasteiger charge is 2.38. The number of nitrogens with one attached hydrogen (secondary N) is 1. The number of carbonyl (C=O) groups is 2. The predicted octanol–water partition coefficient (Wildman–Crippen LogP) is 1.44. The molecule has 2 aliphatic rings. The lowest BCUT2D eigenvalue weighted by Crippen LogP contribution is -2.42. The molecule has 0 bridgehead atoms. The summed E-state index contributed by atoms with van der Waals surface area (Å²) in [5.74, 6) is -0.208. The van der Waals surface area contributed by atoms with Crippen molar-refractivity contribution in [1.29, 1.82) is 0 Å². The maximum atomic E-state index is 12.2. The summed E-state index contributed by atoms with van der Waals surface area (Å²) in [4.78, 5) is 26.4. The zero-order chi connectivity index (χ0) is 15.2. The van der Waals surface area contributed by atoms with Gasteiger partial charge in [-0.05, 0) is 19.3 Å². The van der Waals surface area contributed by atoms with Gasteiger partial charge in [-0.25, -0.2) is 0 Å². The molecule has 1 aliphatic carbocycles. The minimum atomic E-state index is -0.249. The van der Waals surface area contributed by atoms with Gasteiger partial charge in [0.15, 0.2) is 0 Å². The van der Waals surface area contributed by atoms with Crippen molar-refractivity contribution >= 4 is 11.8 Å². The van der Waals surface area contributed by atoms with Gasteiger partial charge in [-0.15, -0.1) is 0 Å². The Kier molecular flexibility index (Phi) is 6.03. The minimum Gasteiger partial charge on any atom is -0.394 e. The van der Waals surface area contributed by atoms with Crippen molar-refractivity contribution in [2.45, 2.75) is 70.4 Å². The van der Waals surface area contributed by atoms with Crippen molar-refractivity contribution in [3.8, 4) is 0 Å². The van der Waals surface area contributed by atoms with Gasteiger partial charge in [-0.2, -0.15) is 0 Å². The van der Waals surface area contributed by atoms with Crippen LogP contribution in [0.2, 0.25) is 0 Å². The lowest BCUT2D eigenvalue weighted by Gasteiger charge is -2.27. The first-order valence-corrected chi connectivity index (χ1v) is 8.36. The number of carbonyl (C=O) groups excluding carboxylic acids is 2. The third kappa shape index (κ3) is 4.19. The second-order valence-electron chi connectivity index (χ2n) is 6.39. The normalized spacial score (nSPS) is 25.7. The van der Waals surface area contributed by atoms with E-state index in [2.05, 4.69) is 5.32 Å². The van der Waals surface area contributed by atoms with Crippen LogP contribution in [0.1, 0.15) is 58.3 Å². The Labute approximate surface area is 127 Å². The molecule has 0 aromatic carbocycles. The third-order valence-corrected chi connectivity index (χ3v) is 4.85. The Bertz CT molecular complexity index is 361. The van der Waals surface area contributed by atoms with Gasteiger partial charge in [0.05, 0.1) is 18.6 Å². The van der Waals surface area contributed by atoms with Crippen LogP contribution in [0.4, 0.5) is 0 Å². The van der Waals surface area contributed by atoms with Crippen LogP contribution in [0, 0.1) is 5.92 Å². The average molecular weight is 296 g/mol. The number of nitrogens with zero attached hydrogens (tertiary/aromatic N) is 1. The molecule has 0 aromatic heterocycles. The van der Waals surface area contributed by atoms with Gasteiger partial charge in [0, 0.05) is 19.0 Å². The molecular formula is C16H28N2O3. The summed E-state index contributed by atoms with van der Waals surface area (Å²) in [5, 5.41) is 12.0. The second-order valence-corrected chi connectivity index (χ2v) is 6.39. The van der Waals surface area contributed by atoms with Gasteiger partial charge in [0.2, 0.25) is 11.8 Å². The number of aliphatic hydroxyl groups excluding tert-OH is 1. The molecule has 5 nitrogen and oxygen atoms in total. The quantitative estimate of drug-likeness (QED) is 0.754. The van der Waals surface area contributed by atoms with Gasteiger partial charge in [-0.1, -0.05) is 32.6 Å². The highest BCUT2D eigenvalue weighted by Crippen LogP contribution is 2.28. The fourth-order valence-electron chi connectivity index (χ4n) is 3.43. The van der Waals surface area contributed by atoms with E-state index in [1.807, 2.05) is 11.8 Å². The van der Waals surface area contributed by atoms with E-state index in [0.717, 1.165) is 12.8 Å². The Morgan fingerprint density at radius 3 is 2.57 bits per heavy atom. The smallest absolute Gasteiger partial charge is 0.225 e. The maximum Gasteiger partial charge on any atom is 0.225 e. The Morgan fingerprint density at radius 1 is 1.33 bits per heavy atom. The summed E-state index contributed by atoms with van der Waals surface area (Å²) in [6, 6.07) is 0.136. The van der Waals surface area contributed by atoms with Crippen molar-refractivity contribution < 1.29 is 14.7 Å². The molecule has 0 radical (unpaired) electrons. The van der Waals surface area contributed by atoms with E-state index >= 15 is 0 Å². The van der Waals surface area contributed by atoms with E-state index in [0.29, 0.717) is 25.4 Å². The van der Waals surface area contributed by atoms with Crippen LogP contribution in [-0.2, 0) is 9.59 Å². The lowest BCUT2D eigenvalue weighted by atomic mass is 10.1. The largest absolute Gasteiger partial charge is 0.394 e. The number of likely N-dealkylation sites (tertiary alicyclic amines) is 1. The van der Waals surface area contributed by atoms with E-state index in [-0.39, 0.29) is 30.4 Å². The lowest BCUT2D eigenvalue weighted by molar-refractivity contribution is -0.130. The Morgan fingerprint density at radius 2 is 2.00 bits per heavy atom. The molecule has 2 unspecified atom stereocenters. The standard InChI is InChI=1S/C16H28N2O3/c1-2-13(11-19)17-16(21)12-9-15(20)18(10-12)14-7-5-3-4-6-8-14/h12-14,19H,2-11H2,1H3,(H,17,21). The Balaban J connectivity index is 1.90. The number of rotatable bonds is 5. The fraction of sp³-hybridized carbons (Fsp3) is 0.875. The second kappa shape index (κ2) is 7.78. The zero-order valence-electron chi connectivity index (χ0n) is 13.0. The van der Waals surface area contributed by atoms with Crippen molar-refractivity contribution in [3.63, 3.8) is 0 Å². The molecule has 1 heterocycles. The van der Waals surface area contributed by atoms with Crippen molar-refractivity contribution in [2.24, 2.45) is 5.92 Å². The first-order chi connectivity index (χ1) is 10.2. The minimum absolute atomic E-state index is 0.0464. The molecule has 5 heteroatoms. The van der Waals surface area contributed by atoms with Crippen molar-refractivity contribution in [2.75, 3.05) is 13.2 Å². The van der Waals surface area contributed by atoms with E-state index < -0.39 is 0 Å². The first-order valence-electron chi connectivity index (χ1n) is 8.36. The summed E-state index contributed by atoms with van der Waals surface area (Å²) >= 11 is 0. The third-order valence-electron chi connectivity index (χ3n) is 4.85. The van der Waals surface area contributed by atoms with Gasteiger partial charge < -0.3 is 15.3 Å². The highest BCUT2D eigenvalue weighted by atomic mass is 16.3. The van der Waals surface area contributed by atoms with Gasteiger partial charge >= 0.3 is 0 Å². The molecular weight excluding hydrogens is 268 g/mol. The topological polar surface area (TPSA) is 69.6 Å². The number of aliphatic hydroxyl groups is 1.